The third-order valence-electron chi connectivity index (χ3n) is 1.96. The number of nitrogens with zero attached hydrogens (tertiary/aromatic N) is 2. The van der Waals surface area contributed by atoms with Crippen LogP contribution in [0.3, 0.4) is 0 Å². The maximum absolute atomic E-state index is 11.7. The molecule has 0 heterocycles. The van der Waals surface area contributed by atoms with Gasteiger partial charge in [-0.15, -0.1) is 0 Å². The molecule has 0 saturated heterocycles. The highest BCUT2D eigenvalue weighted by Crippen LogP contribution is 2.23. The Kier molecular flexibility index (Phi) is 4.90. The van der Waals surface area contributed by atoms with Crippen LogP contribution in [0.1, 0.15) is 20.3 Å². The number of rotatable bonds is 6. The molecule has 0 fully saturated rings. The maximum Gasteiger partial charge on any atom is 0.318 e. The molecule has 0 aliphatic rings. The van der Waals surface area contributed by atoms with Crippen molar-refractivity contribution >= 4 is 16.0 Å². The second-order valence-electron chi connectivity index (χ2n) is 4.41. The number of aliphatic carboxylic acids is 1. The van der Waals surface area contributed by atoms with Gasteiger partial charge in [-0.3, -0.25) is 4.79 Å². The van der Waals surface area contributed by atoms with E-state index in [2.05, 4.69) is 0 Å². The molecule has 16 heavy (non-hydrogen) atoms. The van der Waals surface area contributed by atoms with Crippen molar-refractivity contribution in [1.29, 1.82) is 5.26 Å². The molecule has 0 rings (SSSR count). The van der Waals surface area contributed by atoms with Crippen LogP contribution in [0.25, 0.3) is 0 Å². The first kappa shape index (κ1) is 14.9. The standard InChI is InChI=1S/C9H16N2O4S/c1-9(2,4-5-10)7-16(14,15)11(3)6-8(12)13/h4,6-7H2,1-3H3,(H,12,13). The predicted molar refractivity (Wildman–Crippen MR) is 58.1 cm³/mol. The summed E-state index contributed by atoms with van der Waals surface area (Å²) in [6.45, 7) is 2.75. The van der Waals surface area contributed by atoms with Crippen molar-refractivity contribution in [3.63, 3.8) is 0 Å². The van der Waals surface area contributed by atoms with Crippen LogP contribution in [0.4, 0.5) is 0 Å². The van der Waals surface area contributed by atoms with Crippen LogP contribution in [0.15, 0.2) is 0 Å². The first-order valence-electron chi connectivity index (χ1n) is 4.63. The zero-order valence-corrected chi connectivity index (χ0v) is 10.4. The third kappa shape index (κ3) is 5.09. The zero-order valence-electron chi connectivity index (χ0n) is 9.60. The van der Waals surface area contributed by atoms with Crippen molar-refractivity contribution in [1.82, 2.24) is 4.31 Å². The van der Waals surface area contributed by atoms with Crippen molar-refractivity contribution in [2.75, 3.05) is 19.3 Å². The SMILES string of the molecule is CN(CC(=O)O)S(=O)(=O)CC(C)(C)CC#N. The smallest absolute Gasteiger partial charge is 0.318 e. The first-order chi connectivity index (χ1) is 7.10. The molecule has 0 aliphatic carbocycles. The van der Waals surface area contributed by atoms with Crippen molar-refractivity contribution in [2.24, 2.45) is 5.41 Å². The lowest BCUT2D eigenvalue weighted by Crippen LogP contribution is -2.38. The lowest BCUT2D eigenvalue weighted by Gasteiger charge is -2.24. The van der Waals surface area contributed by atoms with Crippen molar-refractivity contribution < 1.29 is 18.3 Å². The minimum absolute atomic E-state index is 0.104. The molecule has 92 valence electrons. The van der Waals surface area contributed by atoms with Gasteiger partial charge >= 0.3 is 5.97 Å². The summed E-state index contributed by atoms with van der Waals surface area (Å²) in [4.78, 5) is 10.4. The molecule has 0 aliphatic heterocycles. The van der Waals surface area contributed by atoms with Gasteiger partial charge in [0.2, 0.25) is 10.0 Å². The lowest BCUT2D eigenvalue weighted by atomic mass is 9.93. The highest BCUT2D eigenvalue weighted by atomic mass is 32.2. The van der Waals surface area contributed by atoms with E-state index in [9.17, 15) is 13.2 Å². The summed E-state index contributed by atoms with van der Waals surface area (Å²) in [6, 6.07) is 1.91. The van der Waals surface area contributed by atoms with Crippen molar-refractivity contribution in [3.8, 4) is 6.07 Å². The molecule has 6 nitrogen and oxygen atoms in total. The average Bonchev–Trinajstić information content (AvgIpc) is 1.99. The van der Waals surface area contributed by atoms with Gasteiger partial charge in [0.15, 0.2) is 0 Å². The molecule has 0 aromatic rings. The number of hydrogen-bond acceptors (Lipinski definition) is 4. The van der Waals surface area contributed by atoms with E-state index in [0.717, 1.165) is 4.31 Å². The van der Waals surface area contributed by atoms with Crippen LogP contribution in [0, 0.1) is 16.7 Å². The van der Waals surface area contributed by atoms with Crippen molar-refractivity contribution in [3.05, 3.63) is 0 Å². The largest absolute Gasteiger partial charge is 0.480 e. The fourth-order valence-electron chi connectivity index (χ4n) is 1.16. The molecule has 0 aromatic carbocycles. The molecule has 7 heteroatoms. The van der Waals surface area contributed by atoms with Gasteiger partial charge in [0.25, 0.3) is 0 Å². The summed E-state index contributed by atoms with van der Waals surface area (Å²) in [5.41, 5.74) is -0.680. The Balaban J connectivity index is 4.70. The van der Waals surface area contributed by atoms with E-state index in [0.29, 0.717) is 0 Å². The third-order valence-corrected chi connectivity index (χ3v) is 4.19. The van der Waals surface area contributed by atoms with Gasteiger partial charge in [-0.1, -0.05) is 13.8 Å². The van der Waals surface area contributed by atoms with Crippen LogP contribution in [0.5, 0.6) is 0 Å². The van der Waals surface area contributed by atoms with E-state index in [-0.39, 0.29) is 12.2 Å². The normalized spacial score (nSPS) is 12.4. The molecule has 0 bridgehead atoms. The Morgan fingerprint density at radius 2 is 2.00 bits per heavy atom. The van der Waals surface area contributed by atoms with Gasteiger partial charge in [0.05, 0.1) is 11.8 Å². The van der Waals surface area contributed by atoms with Gasteiger partial charge in [-0.05, 0) is 5.41 Å². The van der Waals surface area contributed by atoms with Crippen LogP contribution < -0.4 is 0 Å². The number of likely N-dealkylation sites (N-methyl/N-ethyl adjacent to an activating group) is 1. The summed E-state index contributed by atoms with van der Waals surface area (Å²) in [5.74, 6) is -1.44. The molecular weight excluding hydrogens is 232 g/mol. The molecule has 1 N–H and O–H groups in total. The predicted octanol–water partition coefficient (Wildman–Crippen LogP) is 0.272. The Labute approximate surface area is 95.5 Å². The fraction of sp³-hybridized carbons (Fsp3) is 0.778. The monoisotopic (exact) mass is 248 g/mol. The fourth-order valence-corrected chi connectivity index (χ4v) is 2.77. The maximum atomic E-state index is 11.7. The quantitative estimate of drug-likeness (QED) is 0.727. The van der Waals surface area contributed by atoms with E-state index in [4.69, 9.17) is 10.4 Å². The number of nitriles is 1. The topological polar surface area (TPSA) is 98.5 Å². The molecule has 0 unspecified atom stereocenters. The minimum Gasteiger partial charge on any atom is -0.480 e. The van der Waals surface area contributed by atoms with Gasteiger partial charge < -0.3 is 5.11 Å². The summed E-state index contributed by atoms with van der Waals surface area (Å²) in [5, 5.41) is 17.0. The molecule has 0 aromatic heterocycles. The molecule has 0 spiro atoms. The summed E-state index contributed by atoms with van der Waals surface area (Å²) >= 11 is 0. The highest BCUT2D eigenvalue weighted by molar-refractivity contribution is 7.89. The number of carboxylic acids is 1. The Morgan fingerprint density at radius 3 is 2.38 bits per heavy atom. The summed E-state index contributed by atoms with van der Waals surface area (Å²) in [6.07, 6.45) is 0.104. The van der Waals surface area contributed by atoms with Crippen molar-refractivity contribution in [2.45, 2.75) is 20.3 Å². The Morgan fingerprint density at radius 1 is 1.50 bits per heavy atom. The molecule has 0 saturated carbocycles. The Bertz CT molecular complexity index is 394. The number of hydrogen-bond donors (Lipinski definition) is 1. The van der Waals surface area contributed by atoms with E-state index in [1.165, 1.54) is 7.05 Å². The molecule has 0 atom stereocenters. The molecule has 0 radical (unpaired) electrons. The van der Waals surface area contributed by atoms with E-state index < -0.39 is 28.0 Å². The van der Waals surface area contributed by atoms with E-state index >= 15 is 0 Å². The van der Waals surface area contributed by atoms with Gasteiger partial charge in [-0.25, -0.2) is 8.42 Å². The van der Waals surface area contributed by atoms with Crippen LogP contribution >= 0.6 is 0 Å². The second kappa shape index (κ2) is 5.27. The molecular formula is C9H16N2O4S. The average molecular weight is 248 g/mol. The van der Waals surface area contributed by atoms with Crippen LogP contribution in [0.2, 0.25) is 0 Å². The first-order valence-corrected chi connectivity index (χ1v) is 6.24. The highest BCUT2D eigenvalue weighted by Gasteiger charge is 2.29. The van der Waals surface area contributed by atoms with E-state index in [1.54, 1.807) is 13.8 Å². The zero-order chi connectivity index (χ0) is 13.0. The Hall–Kier alpha value is -1.13. The van der Waals surface area contributed by atoms with Gasteiger partial charge in [0, 0.05) is 13.5 Å². The number of carbonyl (C=O) groups is 1. The second-order valence-corrected chi connectivity index (χ2v) is 6.48. The molecule has 0 amide bonds. The summed E-state index contributed by atoms with van der Waals surface area (Å²) in [7, 11) is -2.42. The van der Waals surface area contributed by atoms with E-state index in [1.807, 2.05) is 6.07 Å². The number of sulfonamides is 1. The minimum atomic E-state index is -3.63. The van der Waals surface area contributed by atoms with Crippen LogP contribution in [-0.4, -0.2) is 43.1 Å². The van der Waals surface area contributed by atoms with Crippen LogP contribution in [-0.2, 0) is 14.8 Å². The lowest BCUT2D eigenvalue weighted by molar-refractivity contribution is -0.137. The van der Waals surface area contributed by atoms with Gasteiger partial charge in [-0.2, -0.15) is 9.57 Å². The summed E-state index contributed by atoms with van der Waals surface area (Å²) < 4.78 is 24.2. The van der Waals surface area contributed by atoms with Gasteiger partial charge in [0.1, 0.15) is 6.54 Å². The number of carboxylic acid groups (broad SMARTS) is 1.